The van der Waals surface area contributed by atoms with Gasteiger partial charge in [-0.15, -0.1) is 0 Å². The zero-order valence-corrected chi connectivity index (χ0v) is 15.8. The normalized spacial score (nSPS) is 19.9. The number of hydrogen-bond donors (Lipinski definition) is 0. The van der Waals surface area contributed by atoms with Gasteiger partial charge in [-0.25, -0.2) is 4.79 Å². The Morgan fingerprint density at radius 1 is 1.04 bits per heavy atom. The molecule has 140 valence electrons. The van der Waals surface area contributed by atoms with Gasteiger partial charge in [-0.05, 0) is 30.9 Å². The van der Waals surface area contributed by atoms with Gasteiger partial charge in [0.05, 0.1) is 18.7 Å². The molecule has 0 fully saturated rings. The Kier molecular flexibility index (Phi) is 5.92. The lowest BCUT2D eigenvalue weighted by Crippen LogP contribution is -2.31. The molecule has 0 aromatic heterocycles. The molecule has 0 N–H and O–H groups in total. The van der Waals surface area contributed by atoms with Crippen LogP contribution in [0.3, 0.4) is 0 Å². The third kappa shape index (κ3) is 3.55. The van der Waals surface area contributed by atoms with E-state index in [2.05, 4.69) is 12.1 Å². The number of esters is 1. The fraction of sp³-hybridized carbons (Fsp3) is 0.292. The van der Waals surface area contributed by atoms with Crippen molar-refractivity contribution in [2.75, 3.05) is 6.61 Å². The van der Waals surface area contributed by atoms with E-state index in [4.69, 9.17) is 4.74 Å². The van der Waals surface area contributed by atoms with Crippen LogP contribution in [0.2, 0.25) is 0 Å². The zero-order valence-electron chi connectivity index (χ0n) is 15.8. The van der Waals surface area contributed by atoms with E-state index in [1.165, 1.54) is 0 Å². The number of carbonyl (C=O) groups excluding carboxylic acids is 1. The van der Waals surface area contributed by atoms with Gasteiger partial charge >= 0.3 is 5.97 Å². The number of carbonyl (C=O) groups is 1. The number of ether oxygens (including phenoxy) is 1. The number of benzene rings is 2. The Hall–Kier alpha value is -3.37. The number of nitrogens with zero attached hydrogens (tertiary/aromatic N) is 2. The van der Waals surface area contributed by atoms with Crippen molar-refractivity contribution >= 4 is 5.97 Å². The Morgan fingerprint density at radius 3 is 2.21 bits per heavy atom. The molecule has 2 aromatic rings. The zero-order chi connectivity index (χ0) is 20.0. The van der Waals surface area contributed by atoms with Gasteiger partial charge in [-0.2, -0.15) is 10.5 Å². The van der Waals surface area contributed by atoms with E-state index < -0.39 is 17.3 Å². The topological polar surface area (TPSA) is 73.9 Å². The molecule has 4 nitrogen and oxygen atoms in total. The molecule has 0 radical (unpaired) electrons. The molecule has 4 heteroatoms. The summed E-state index contributed by atoms with van der Waals surface area (Å²) < 4.78 is 5.24. The molecular weight excluding hydrogens is 348 g/mol. The van der Waals surface area contributed by atoms with Crippen molar-refractivity contribution in [2.45, 2.75) is 25.7 Å². The minimum Gasteiger partial charge on any atom is -0.463 e. The van der Waals surface area contributed by atoms with Crippen LogP contribution in [0.25, 0.3) is 0 Å². The average molecular weight is 370 g/mol. The molecule has 3 rings (SSSR count). The van der Waals surface area contributed by atoms with Crippen LogP contribution in [-0.2, 0) is 16.0 Å². The molecule has 1 aliphatic carbocycles. The van der Waals surface area contributed by atoms with Crippen molar-refractivity contribution in [1.82, 2.24) is 0 Å². The van der Waals surface area contributed by atoms with E-state index in [9.17, 15) is 15.3 Å². The van der Waals surface area contributed by atoms with Gasteiger partial charge in [-0.1, -0.05) is 66.7 Å². The highest BCUT2D eigenvalue weighted by molar-refractivity contribution is 5.92. The smallest absolute Gasteiger partial charge is 0.334 e. The summed E-state index contributed by atoms with van der Waals surface area (Å²) in [4.78, 5) is 12.7. The van der Waals surface area contributed by atoms with E-state index in [1.807, 2.05) is 60.7 Å². The monoisotopic (exact) mass is 370 g/mol. The molecule has 0 unspecified atom stereocenters. The first-order valence-electron chi connectivity index (χ1n) is 9.46. The summed E-state index contributed by atoms with van der Waals surface area (Å²) in [7, 11) is 0. The maximum absolute atomic E-state index is 12.7. The molecule has 2 aromatic carbocycles. The lowest BCUT2D eigenvalue weighted by atomic mass is 9.68. The molecular formula is C24H22N2O2. The quantitative estimate of drug-likeness (QED) is 0.699. The van der Waals surface area contributed by atoms with Gasteiger partial charge in [0.1, 0.15) is 0 Å². The van der Waals surface area contributed by atoms with Crippen LogP contribution >= 0.6 is 0 Å². The molecule has 2 atom stereocenters. The predicted octanol–water partition coefficient (Wildman–Crippen LogP) is 4.56. The van der Waals surface area contributed by atoms with E-state index >= 15 is 0 Å². The molecule has 0 heterocycles. The first kappa shape index (κ1) is 19.4. The van der Waals surface area contributed by atoms with Crippen LogP contribution in [0.1, 0.15) is 30.4 Å². The Balaban J connectivity index is 2.01. The first-order chi connectivity index (χ1) is 13.7. The lowest BCUT2D eigenvalue weighted by Gasteiger charge is -2.29. The van der Waals surface area contributed by atoms with Crippen molar-refractivity contribution in [3.8, 4) is 12.1 Å². The largest absolute Gasteiger partial charge is 0.463 e. The third-order valence-corrected chi connectivity index (χ3v) is 5.33. The summed E-state index contributed by atoms with van der Waals surface area (Å²) in [6.07, 6.45) is 3.13. The molecule has 0 amide bonds. The Morgan fingerprint density at radius 2 is 1.64 bits per heavy atom. The predicted molar refractivity (Wildman–Crippen MR) is 106 cm³/mol. The molecule has 0 saturated carbocycles. The highest BCUT2D eigenvalue weighted by Gasteiger charge is 2.54. The number of aryl methyl sites for hydroxylation is 1. The van der Waals surface area contributed by atoms with Crippen LogP contribution in [0.5, 0.6) is 0 Å². The number of rotatable bonds is 6. The van der Waals surface area contributed by atoms with Crippen LogP contribution in [0, 0.1) is 34.0 Å². The van der Waals surface area contributed by atoms with Gasteiger partial charge < -0.3 is 4.74 Å². The molecule has 0 aliphatic heterocycles. The summed E-state index contributed by atoms with van der Waals surface area (Å²) >= 11 is 0. The van der Waals surface area contributed by atoms with E-state index in [-0.39, 0.29) is 12.5 Å². The Bertz CT molecular complexity index is 922. The van der Waals surface area contributed by atoms with Crippen molar-refractivity contribution < 1.29 is 9.53 Å². The maximum Gasteiger partial charge on any atom is 0.334 e. The molecule has 28 heavy (non-hydrogen) atoms. The second-order valence-electron chi connectivity index (χ2n) is 6.91. The fourth-order valence-corrected chi connectivity index (χ4v) is 3.99. The van der Waals surface area contributed by atoms with E-state index in [1.54, 1.807) is 13.0 Å². The fourth-order valence-electron chi connectivity index (χ4n) is 3.99. The summed E-state index contributed by atoms with van der Waals surface area (Å²) in [5, 5.41) is 20.2. The standard InChI is InChI=1S/C24H22N2O2/c1-2-28-23(27)21-15-20(14-13-18-9-5-3-6-10-18)24(16-25,17-26)22(21)19-11-7-4-8-12-19/h3-12,15,20,22H,2,13-14H2,1H3/t20-,22+/m1/s1. The Labute approximate surface area is 165 Å². The SMILES string of the molecule is CCOC(=O)C1=C[C@@H](CCc2ccccc2)C(C#N)(C#N)[C@H]1c1ccccc1. The first-order valence-corrected chi connectivity index (χ1v) is 9.46. The number of nitriles is 2. The van der Waals surface area contributed by atoms with Crippen LogP contribution in [-0.4, -0.2) is 12.6 Å². The maximum atomic E-state index is 12.7. The highest BCUT2D eigenvalue weighted by Crippen LogP contribution is 2.53. The van der Waals surface area contributed by atoms with Gasteiger partial charge in [0.15, 0.2) is 5.41 Å². The number of hydrogen-bond acceptors (Lipinski definition) is 4. The van der Waals surface area contributed by atoms with E-state index in [0.717, 1.165) is 17.5 Å². The molecule has 0 bridgehead atoms. The van der Waals surface area contributed by atoms with Crippen LogP contribution < -0.4 is 0 Å². The van der Waals surface area contributed by atoms with Gasteiger partial charge in [0.2, 0.25) is 0 Å². The summed E-state index contributed by atoms with van der Waals surface area (Å²) in [5.74, 6) is -1.43. The van der Waals surface area contributed by atoms with Gasteiger partial charge in [0, 0.05) is 17.4 Å². The summed E-state index contributed by atoms with van der Waals surface area (Å²) in [6.45, 7) is 2.00. The van der Waals surface area contributed by atoms with Crippen molar-refractivity contribution in [1.29, 1.82) is 10.5 Å². The minimum absolute atomic E-state index is 0.248. The second kappa shape index (κ2) is 8.55. The molecule has 0 spiro atoms. The molecule has 1 aliphatic rings. The average Bonchev–Trinajstić information content (AvgIpc) is 3.08. The second-order valence-corrected chi connectivity index (χ2v) is 6.91. The van der Waals surface area contributed by atoms with Crippen molar-refractivity contribution in [3.63, 3.8) is 0 Å². The van der Waals surface area contributed by atoms with E-state index in [0.29, 0.717) is 12.0 Å². The summed E-state index contributed by atoms with van der Waals surface area (Å²) in [6, 6.07) is 23.8. The minimum atomic E-state index is -1.34. The molecule has 0 saturated heterocycles. The van der Waals surface area contributed by atoms with Crippen LogP contribution in [0.4, 0.5) is 0 Å². The van der Waals surface area contributed by atoms with Crippen molar-refractivity contribution in [2.24, 2.45) is 11.3 Å². The highest BCUT2D eigenvalue weighted by atomic mass is 16.5. The summed E-state index contributed by atoms with van der Waals surface area (Å²) in [5.41, 5.74) is 1.00. The number of allylic oxidation sites excluding steroid dienone is 1. The van der Waals surface area contributed by atoms with Gasteiger partial charge in [-0.3, -0.25) is 0 Å². The third-order valence-electron chi connectivity index (χ3n) is 5.33. The van der Waals surface area contributed by atoms with Gasteiger partial charge in [0.25, 0.3) is 0 Å². The van der Waals surface area contributed by atoms with Crippen molar-refractivity contribution in [3.05, 3.63) is 83.4 Å². The van der Waals surface area contributed by atoms with Crippen LogP contribution in [0.15, 0.2) is 72.3 Å². The lowest BCUT2D eigenvalue weighted by molar-refractivity contribution is -0.138.